The van der Waals surface area contributed by atoms with Gasteiger partial charge in [-0.05, 0) is 84.3 Å². The van der Waals surface area contributed by atoms with E-state index in [9.17, 15) is 4.79 Å². The summed E-state index contributed by atoms with van der Waals surface area (Å²) in [6, 6.07) is 13.6. The van der Waals surface area contributed by atoms with Crippen molar-refractivity contribution in [2.24, 2.45) is 0 Å². The molecule has 0 aliphatic rings. The average molecular weight is 409 g/mol. The van der Waals surface area contributed by atoms with E-state index in [0.717, 1.165) is 26.1 Å². The molecule has 2 aromatic rings. The number of ether oxygens (including phenoxy) is 1. The van der Waals surface area contributed by atoms with Gasteiger partial charge in [0.05, 0.1) is 0 Å². The van der Waals surface area contributed by atoms with Gasteiger partial charge in [-0.15, -0.1) is 0 Å². The second kappa shape index (κ2) is 7.63. The third-order valence-corrected chi connectivity index (χ3v) is 4.32. The van der Waals surface area contributed by atoms with E-state index < -0.39 is 6.10 Å². The zero-order valence-electron chi connectivity index (χ0n) is 13.0. The summed E-state index contributed by atoms with van der Waals surface area (Å²) < 4.78 is 7.05. The minimum Gasteiger partial charge on any atom is -0.480 e. The number of anilines is 1. The Morgan fingerprint density at radius 3 is 2.50 bits per heavy atom. The molecule has 4 heteroatoms. The Hall–Kier alpha value is -1.56. The second-order valence-electron chi connectivity index (χ2n) is 5.21. The van der Waals surface area contributed by atoms with Gasteiger partial charge in [0.15, 0.2) is 6.10 Å². The fraction of sp³-hybridized carbons (Fsp3) is 0.278. The number of carbonyl (C=O) groups is 1. The van der Waals surface area contributed by atoms with Crippen molar-refractivity contribution in [1.82, 2.24) is 0 Å². The molecule has 0 bridgehead atoms. The molecular formula is C18H20INO2. The van der Waals surface area contributed by atoms with Crippen LogP contribution < -0.4 is 10.1 Å². The number of amides is 1. The van der Waals surface area contributed by atoms with Crippen LogP contribution in [-0.4, -0.2) is 12.0 Å². The fourth-order valence-corrected chi connectivity index (χ4v) is 2.44. The first kappa shape index (κ1) is 16.8. The number of halogens is 1. The monoisotopic (exact) mass is 409 g/mol. The van der Waals surface area contributed by atoms with Crippen LogP contribution >= 0.6 is 22.6 Å². The number of hydrogen-bond donors (Lipinski definition) is 1. The van der Waals surface area contributed by atoms with Crippen LogP contribution in [0, 0.1) is 17.4 Å². The molecule has 2 aromatic carbocycles. The molecule has 2 rings (SSSR count). The molecule has 0 fully saturated rings. The van der Waals surface area contributed by atoms with Gasteiger partial charge in [0.1, 0.15) is 5.75 Å². The first-order valence-electron chi connectivity index (χ1n) is 7.30. The van der Waals surface area contributed by atoms with Crippen molar-refractivity contribution in [1.29, 1.82) is 0 Å². The number of nitrogens with one attached hydrogen (secondary N) is 1. The van der Waals surface area contributed by atoms with Crippen molar-refractivity contribution in [2.45, 2.75) is 33.3 Å². The summed E-state index contributed by atoms with van der Waals surface area (Å²) in [5.74, 6) is 0.647. The molecule has 0 spiro atoms. The van der Waals surface area contributed by atoms with Crippen LogP contribution in [0.1, 0.15) is 24.5 Å². The van der Waals surface area contributed by atoms with Crippen molar-refractivity contribution < 1.29 is 9.53 Å². The fourth-order valence-electron chi connectivity index (χ4n) is 2.08. The highest BCUT2D eigenvalue weighted by Crippen LogP contribution is 2.23. The number of aryl methyl sites for hydroxylation is 1. The first-order valence-corrected chi connectivity index (χ1v) is 8.38. The lowest BCUT2D eigenvalue weighted by atomic mass is 10.1. The Morgan fingerprint density at radius 1 is 1.18 bits per heavy atom. The summed E-state index contributed by atoms with van der Waals surface area (Å²) in [6.45, 7) is 5.99. The van der Waals surface area contributed by atoms with Crippen molar-refractivity contribution >= 4 is 34.2 Å². The SMILES string of the molecule is CC[C@H](Oc1cccc(C)c1C)C(=O)Nc1ccc(I)cc1. The van der Waals surface area contributed by atoms with Crippen molar-refractivity contribution in [3.8, 4) is 5.75 Å². The molecular weight excluding hydrogens is 389 g/mol. The van der Waals surface area contributed by atoms with Crippen molar-refractivity contribution in [3.05, 3.63) is 57.2 Å². The third kappa shape index (κ3) is 4.22. The molecule has 1 N–H and O–H groups in total. The summed E-state index contributed by atoms with van der Waals surface area (Å²) in [5.41, 5.74) is 3.02. The Morgan fingerprint density at radius 2 is 1.86 bits per heavy atom. The summed E-state index contributed by atoms with van der Waals surface area (Å²) >= 11 is 2.24. The molecule has 0 radical (unpaired) electrons. The molecule has 0 saturated heterocycles. The zero-order valence-corrected chi connectivity index (χ0v) is 15.2. The van der Waals surface area contributed by atoms with E-state index in [2.05, 4.69) is 27.9 Å². The predicted molar refractivity (Wildman–Crippen MR) is 98.4 cm³/mol. The molecule has 0 unspecified atom stereocenters. The van der Waals surface area contributed by atoms with E-state index in [1.807, 2.05) is 63.2 Å². The highest BCUT2D eigenvalue weighted by molar-refractivity contribution is 14.1. The highest BCUT2D eigenvalue weighted by Gasteiger charge is 2.19. The third-order valence-electron chi connectivity index (χ3n) is 3.60. The van der Waals surface area contributed by atoms with Crippen LogP contribution in [0.5, 0.6) is 5.75 Å². The number of benzene rings is 2. The Labute approximate surface area is 145 Å². The van der Waals surface area contributed by atoms with Crippen molar-refractivity contribution in [3.63, 3.8) is 0 Å². The van der Waals surface area contributed by atoms with E-state index in [1.165, 1.54) is 0 Å². The number of carbonyl (C=O) groups excluding carboxylic acids is 1. The highest BCUT2D eigenvalue weighted by atomic mass is 127. The van der Waals surface area contributed by atoms with E-state index in [4.69, 9.17) is 4.74 Å². The smallest absolute Gasteiger partial charge is 0.265 e. The maximum atomic E-state index is 12.4. The second-order valence-corrected chi connectivity index (χ2v) is 6.45. The molecule has 0 aromatic heterocycles. The van der Waals surface area contributed by atoms with Gasteiger partial charge < -0.3 is 10.1 Å². The lowest BCUT2D eigenvalue weighted by molar-refractivity contribution is -0.122. The van der Waals surface area contributed by atoms with Crippen LogP contribution in [0.4, 0.5) is 5.69 Å². The molecule has 0 saturated carbocycles. The summed E-state index contributed by atoms with van der Waals surface area (Å²) in [5, 5.41) is 2.91. The number of rotatable bonds is 5. The van der Waals surface area contributed by atoms with Gasteiger partial charge in [0.2, 0.25) is 0 Å². The average Bonchev–Trinajstić information content (AvgIpc) is 2.51. The molecule has 0 heterocycles. The minimum atomic E-state index is -0.500. The number of hydrogen-bond acceptors (Lipinski definition) is 2. The van der Waals surface area contributed by atoms with Crippen LogP contribution in [-0.2, 0) is 4.79 Å². The van der Waals surface area contributed by atoms with Crippen LogP contribution in [0.25, 0.3) is 0 Å². The lowest BCUT2D eigenvalue weighted by Gasteiger charge is -2.19. The van der Waals surface area contributed by atoms with Gasteiger partial charge >= 0.3 is 0 Å². The van der Waals surface area contributed by atoms with Crippen LogP contribution in [0.3, 0.4) is 0 Å². The Bertz CT molecular complexity index is 653. The molecule has 1 atom stereocenters. The van der Waals surface area contributed by atoms with E-state index >= 15 is 0 Å². The normalized spacial score (nSPS) is 11.8. The molecule has 0 aliphatic carbocycles. The van der Waals surface area contributed by atoms with E-state index in [1.54, 1.807) is 0 Å². The lowest BCUT2D eigenvalue weighted by Crippen LogP contribution is -2.32. The van der Waals surface area contributed by atoms with Crippen LogP contribution in [0.15, 0.2) is 42.5 Å². The van der Waals surface area contributed by atoms with Gasteiger partial charge in [-0.25, -0.2) is 0 Å². The Balaban J connectivity index is 2.09. The molecule has 0 aliphatic heterocycles. The van der Waals surface area contributed by atoms with Gasteiger partial charge in [0.25, 0.3) is 5.91 Å². The minimum absolute atomic E-state index is 0.121. The van der Waals surface area contributed by atoms with Gasteiger partial charge in [-0.1, -0.05) is 19.1 Å². The Kier molecular flexibility index (Phi) is 5.83. The molecule has 3 nitrogen and oxygen atoms in total. The summed E-state index contributed by atoms with van der Waals surface area (Å²) in [7, 11) is 0. The molecule has 1 amide bonds. The largest absolute Gasteiger partial charge is 0.480 e. The van der Waals surface area contributed by atoms with Gasteiger partial charge in [0, 0.05) is 9.26 Å². The first-order chi connectivity index (χ1) is 10.5. The van der Waals surface area contributed by atoms with Gasteiger partial charge in [-0.2, -0.15) is 0 Å². The van der Waals surface area contributed by atoms with E-state index in [0.29, 0.717) is 6.42 Å². The topological polar surface area (TPSA) is 38.3 Å². The summed E-state index contributed by atoms with van der Waals surface area (Å²) in [6.07, 6.45) is 0.114. The maximum Gasteiger partial charge on any atom is 0.265 e. The summed E-state index contributed by atoms with van der Waals surface area (Å²) in [4.78, 5) is 12.4. The van der Waals surface area contributed by atoms with E-state index in [-0.39, 0.29) is 5.91 Å². The molecule has 116 valence electrons. The van der Waals surface area contributed by atoms with Gasteiger partial charge in [-0.3, -0.25) is 4.79 Å². The zero-order chi connectivity index (χ0) is 16.1. The quantitative estimate of drug-likeness (QED) is 0.727. The standard InChI is InChI=1S/C18H20INO2/c1-4-16(22-17-7-5-6-12(2)13(17)3)18(21)20-15-10-8-14(19)9-11-15/h5-11,16H,4H2,1-3H3,(H,20,21)/t16-/m0/s1. The van der Waals surface area contributed by atoms with Crippen molar-refractivity contribution in [2.75, 3.05) is 5.32 Å². The predicted octanol–water partition coefficient (Wildman–Crippen LogP) is 4.70. The van der Waals surface area contributed by atoms with Crippen LogP contribution in [0.2, 0.25) is 0 Å². The maximum absolute atomic E-state index is 12.4. The molecule has 22 heavy (non-hydrogen) atoms.